The van der Waals surface area contributed by atoms with Crippen LogP contribution in [0.2, 0.25) is 0 Å². The average molecular weight is 376 g/mol. The van der Waals surface area contributed by atoms with E-state index in [1.165, 1.54) is 24.3 Å². The first-order chi connectivity index (χ1) is 11.8. The molecule has 25 heavy (non-hydrogen) atoms. The summed E-state index contributed by atoms with van der Waals surface area (Å²) in [6.45, 7) is 0.428. The first-order valence-electron chi connectivity index (χ1n) is 7.62. The fourth-order valence-electron chi connectivity index (χ4n) is 1.87. The average Bonchev–Trinajstić information content (AvgIpc) is 2.54. The van der Waals surface area contributed by atoms with Gasteiger partial charge in [-0.25, -0.2) is 9.36 Å². The number of benzene rings is 1. The van der Waals surface area contributed by atoms with E-state index in [1.807, 2.05) is 0 Å². The zero-order valence-electron chi connectivity index (χ0n) is 13.5. The monoisotopic (exact) mass is 376 g/mol. The quantitative estimate of drug-likeness (QED) is 0.231. The molecule has 10 nitrogen and oxygen atoms in total. The van der Waals surface area contributed by atoms with Crippen molar-refractivity contribution in [1.82, 2.24) is 5.32 Å². The fourth-order valence-corrected chi connectivity index (χ4v) is 2.24. The SMILES string of the molecule is O=C(NCCCCCCOP(=O)(O)O)OCc1ccc([N+](=O)[O-])cc1. The van der Waals surface area contributed by atoms with Crippen molar-refractivity contribution < 1.29 is 33.3 Å². The molecule has 0 saturated heterocycles. The lowest BCUT2D eigenvalue weighted by Gasteiger charge is -2.07. The van der Waals surface area contributed by atoms with E-state index < -0.39 is 18.8 Å². The topological polar surface area (TPSA) is 148 Å². The van der Waals surface area contributed by atoms with Crippen molar-refractivity contribution in [3.05, 3.63) is 39.9 Å². The van der Waals surface area contributed by atoms with Crippen molar-refractivity contribution in [3.63, 3.8) is 0 Å². The van der Waals surface area contributed by atoms with E-state index >= 15 is 0 Å². The molecule has 0 unspecified atom stereocenters. The van der Waals surface area contributed by atoms with E-state index in [0.717, 1.165) is 12.8 Å². The molecule has 1 aromatic carbocycles. The van der Waals surface area contributed by atoms with Gasteiger partial charge in [0.05, 0.1) is 11.5 Å². The highest BCUT2D eigenvalue weighted by molar-refractivity contribution is 7.46. The van der Waals surface area contributed by atoms with Crippen molar-refractivity contribution in [2.24, 2.45) is 0 Å². The van der Waals surface area contributed by atoms with Gasteiger partial charge < -0.3 is 19.8 Å². The molecule has 1 rings (SSSR count). The lowest BCUT2D eigenvalue weighted by atomic mass is 10.2. The number of unbranched alkanes of at least 4 members (excludes halogenated alkanes) is 3. The van der Waals surface area contributed by atoms with Crippen LogP contribution in [-0.2, 0) is 20.4 Å². The van der Waals surface area contributed by atoms with E-state index in [4.69, 9.17) is 14.5 Å². The maximum absolute atomic E-state index is 11.5. The molecule has 0 aliphatic heterocycles. The smallest absolute Gasteiger partial charge is 0.445 e. The number of nitro benzene ring substituents is 1. The lowest BCUT2D eigenvalue weighted by molar-refractivity contribution is -0.384. The van der Waals surface area contributed by atoms with Crippen LogP contribution in [0.3, 0.4) is 0 Å². The number of non-ortho nitro benzene ring substituents is 1. The van der Waals surface area contributed by atoms with Crippen LogP contribution in [0.1, 0.15) is 31.2 Å². The number of nitrogens with one attached hydrogen (secondary N) is 1. The fraction of sp³-hybridized carbons (Fsp3) is 0.500. The minimum atomic E-state index is -4.39. The molecule has 0 aromatic heterocycles. The van der Waals surface area contributed by atoms with E-state index in [-0.39, 0.29) is 18.9 Å². The van der Waals surface area contributed by atoms with Gasteiger partial charge in [-0.1, -0.05) is 12.8 Å². The molecule has 0 saturated carbocycles. The number of hydrogen-bond donors (Lipinski definition) is 3. The van der Waals surface area contributed by atoms with E-state index in [9.17, 15) is 19.5 Å². The van der Waals surface area contributed by atoms with Gasteiger partial charge in [0.2, 0.25) is 0 Å². The Morgan fingerprint density at radius 2 is 1.80 bits per heavy atom. The van der Waals surface area contributed by atoms with Crippen molar-refractivity contribution >= 4 is 19.6 Å². The molecule has 0 atom stereocenters. The summed E-state index contributed by atoms with van der Waals surface area (Å²) in [6, 6.07) is 5.72. The van der Waals surface area contributed by atoms with Crippen LogP contribution >= 0.6 is 7.82 Å². The zero-order valence-corrected chi connectivity index (χ0v) is 14.4. The number of phosphoric ester groups is 1. The third kappa shape index (κ3) is 10.5. The van der Waals surface area contributed by atoms with Crippen LogP contribution in [0.5, 0.6) is 0 Å². The predicted molar refractivity (Wildman–Crippen MR) is 87.7 cm³/mol. The van der Waals surface area contributed by atoms with Crippen LogP contribution in [0.15, 0.2) is 24.3 Å². The summed E-state index contributed by atoms with van der Waals surface area (Å²) in [7, 11) is -4.39. The molecule has 1 amide bonds. The number of nitrogens with zero attached hydrogens (tertiary/aromatic N) is 1. The molecule has 0 fully saturated rings. The number of hydrogen-bond acceptors (Lipinski definition) is 6. The molecule has 0 bridgehead atoms. The van der Waals surface area contributed by atoms with Crippen molar-refractivity contribution in [3.8, 4) is 0 Å². The third-order valence-electron chi connectivity index (χ3n) is 3.12. The Balaban J connectivity index is 2.05. The van der Waals surface area contributed by atoms with Gasteiger partial charge in [-0.15, -0.1) is 0 Å². The zero-order chi connectivity index (χ0) is 18.7. The van der Waals surface area contributed by atoms with Gasteiger partial charge in [-0.05, 0) is 30.5 Å². The normalized spacial score (nSPS) is 11.1. The molecule has 1 aromatic rings. The number of carbonyl (C=O) groups is 1. The second-order valence-electron chi connectivity index (χ2n) is 5.16. The summed E-state index contributed by atoms with van der Waals surface area (Å²) in [5.41, 5.74) is 0.616. The van der Waals surface area contributed by atoms with Crippen molar-refractivity contribution in [2.75, 3.05) is 13.2 Å². The van der Waals surface area contributed by atoms with Gasteiger partial charge in [-0.3, -0.25) is 14.6 Å². The van der Waals surface area contributed by atoms with Gasteiger partial charge in [0, 0.05) is 18.7 Å². The number of amides is 1. The molecule has 0 aliphatic rings. The van der Waals surface area contributed by atoms with Crippen LogP contribution in [0, 0.1) is 10.1 Å². The van der Waals surface area contributed by atoms with Gasteiger partial charge in [0.25, 0.3) is 5.69 Å². The van der Waals surface area contributed by atoms with E-state index in [0.29, 0.717) is 24.9 Å². The van der Waals surface area contributed by atoms with E-state index in [1.54, 1.807) is 0 Å². The van der Waals surface area contributed by atoms with Crippen LogP contribution in [-0.4, -0.2) is 34.0 Å². The second-order valence-corrected chi connectivity index (χ2v) is 6.40. The second kappa shape index (κ2) is 10.8. The minimum Gasteiger partial charge on any atom is -0.445 e. The summed E-state index contributed by atoms with van der Waals surface area (Å²) >= 11 is 0. The summed E-state index contributed by atoms with van der Waals surface area (Å²) in [5, 5.41) is 13.1. The Labute approximate surface area is 144 Å². The number of alkyl carbamates (subject to hydrolysis) is 1. The predicted octanol–water partition coefficient (Wildman–Crippen LogP) is 2.49. The third-order valence-corrected chi connectivity index (χ3v) is 3.64. The largest absolute Gasteiger partial charge is 0.469 e. The maximum atomic E-state index is 11.5. The summed E-state index contributed by atoms with van der Waals surface area (Å²) in [6.07, 6.45) is 2.13. The Hall–Kier alpha value is -2.00. The Bertz CT molecular complexity index is 601. The van der Waals surface area contributed by atoms with Crippen molar-refractivity contribution in [1.29, 1.82) is 0 Å². The summed E-state index contributed by atoms with van der Waals surface area (Å²) in [4.78, 5) is 38.5. The van der Waals surface area contributed by atoms with E-state index in [2.05, 4.69) is 9.84 Å². The highest BCUT2D eigenvalue weighted by Crippen LogP contribution is 2.35. The number of nitro groups is 1. The van der Waals surface area contributed by atoms with Gasteiger partial charge in [0.15, 0.2) is 0 Å². The molecule has 140 valence electrons. The molecular formula is C14H21N2O8P. The van der Waals surface area contributed by atoms with Gasteiger partial charge in [-0.2, -0.15) is 0 Å². The van der Waals surface area contributed by atoms with Gasteiger partial charge in [0.1, 0.15) is 6.61 Å². The summed E-state index contributed by atoms with van der Waals surface area (Å²) in [5.74, 6) is 0. The Morgan fingerprint density at radius 3 is 2.40 bits per heavy atom. The molecule has 0 radical (unpaired) electrons. The highest BCUT2D eigenvalue weighted by atomic mass is 31.2. The first kappa shape index (κ1) is 21.0. The molecule has 0 spiro atoms. The number of phosphoric acid groups is 1. The van der Waals surface area contributed by atoms with Crippen molar-refractivity contribution in [2.45, 2.75) is 32.3 Å². The van der Waals surface area contributed by atoms with Crippen LogP contribution in [0.25, 0.3) is 0 Å². The van der Waals surface area contributed by atoms with Crippen LogP contribution < -0.4 is 5.32 Å². The Kier molecular flexibility index (Phi) is 9.07. The lowest BCUT2D eigenvalue weighted by Crippen LogP contribution is -2.25. The molecule has 11 heteroatoms. The highest BCUT2D eigenvalue weighted by Gasteiger charge is 2.12. The molecule has 0 heterocycles. The molecule has 3 N–H and O–H groups in total. The first-order valence-corrected chi connectivity index (χ1v) is 9.15. The maximum Gasteiger partial charge on any atom is 0.469 e. The number of rotatable bonds is 11. The minimum absolute atomic E-state index is 0.00497. The van der Waals surface area contributed by atoms with Crippen LogP contribution in [0.4, 0.5) is 10.5 Å². The molecular weight excluding hydrogens is 355 g/mol. The number of ether oxygens (including phenoxy) is 1. The summed E-state index contributed by atoms with van der Waals surface area (Å²) < 4.78 is 19.7. The Morgan fingerprint density at radius 1 is 1.16 bits per heavy atom. The van der Waals surface area contributed by atoms with Gasteiger partial charge >= 0.3 is 13.9 Å². The number of carbonyl (C=O) groups excluding carboxylic acids is 1. The molecule has 0 aliphatic carbocycles. The standard InChI is InChI=1S/C14H21N2O8P/c17-14(15-9-3-1-2-4-10-24-25(20,21)22)23-11-12-5-7-13(8-6-12)16(18)19/h5-8H,1-4,9-11H2,(H,15,17)(H2,20,21,22).